The molecule has 178 valence electrons. The van der Waals surface area contributed by atoms with Crippen molar-refractivity contribution in [3.8, 4) is 5.69 Å². The van der Waals surface area contributed by atoms with Gasteiger partial charge in [0, 0.05) is 24.5 Å². The van der Waals surface area contributed by atoms with Crippen LogP contribution in [0.15, 0.2) is 58.7 Å². The molecule has 8 nitrogen and oxygen atoms in total. The van der Waals surface area contributed by atoms with Crippen LogP contribution in [0.2, 0.25) is 0 Å². The molecule has 3 aromatic rings. The van der Waals surface area contributed by atoms with Crippen LogP contribution >= 0.6 is 11.9 Å². The maximum atomic E-state index is 13.3. The van der Waals surface area contributed by atoms with Gasteiger partial charge in [0.15, 0.2) is 0 Å². The lowest BCUT2D eigenvalue weighted by Crippen LogP contribution is -2.26. The summed E-state index contributed by atoms with van der Waals surface area (Å²) in [5, 5.41) is 8.56. The molecule has 0 bridgehead atoms. The number of benzene rings is 2. The summed E-state index contributed by atoms with van der Waals surface area (Å²) in [4.78, 5) is 32.3. The van der Waals surface area contributed by atoms with Crippen molar-refractivity contribution in [2.45, 2.75) is 26.7 Å². The average molecular weight is 479 g/mol. The molecule has 9 heteroatoms. The van der Waals surface area contributed by atoms with Crippen molar-refractivity contribution in [2.24, 2.45) is 0 Å². The Bertz CT molecular complexity index is 1230. The number of carbonyl (C=O) groups is 1. The van der Waals surface area contributed by atoms with Crippen LogP contribution in [0.25, 0.3) is 16.6 Å². The molecule has 0 atom stereocenters. The fourth-order valence-electron chi connectivity index (χ4n) is 4.08. The van der Waals surface area contributed by atoms with Crippen LogP contribution in [0.5, 0.6) is 0 Å². The number of likely N-dealkylation sites (tertiary alicyclic amines) is 1. The quantitative estimate of drug-likeness (QED) is 0.413. The Labute approximate surface area is 203 Å². The first-order valence-corrected chi connectivity index (χ1v) is 12.4. The van der Waals surface area contributed by atoms with Crippen LogP contribution in [-0.2, 0) is 0 Å². The van der Waals surface area contributed by atoms with Gasteiger partial charge < -0.3 is 15.5 Å². The second-order valence-corrected chi connectivity index (χ2v) is 8.91. The fourth-order valence-corrected chi connectivity index (χ4v) is 4.44. The van der Waals surface area contributed by atoms with Gasteiger partial charge >= 0.3 is 6.03 Å². The maximum absolute atomic E-state index is 13.3. The Morgan fingerprint density at radius 1 is 1.12 bits per heavy atom. The smallest absolute Gasteiger partial charge is 0.329 e. The lowest BCUT2D eigenvalue weighted by Gasteiger charge is -2.16. The zero-order valence-corrected chi connectivity index (χ0v) is 20.3. The first kappa shape index (κ1) is 23.8. The molecule has 4 rings (SSSR count). The minimum absolute atomic E-state index is 0.118. The molecule has 0 saturated carbocycles. The molecule has 2 amide bonds. The Hall–Kier alpha value is -3.30. The number of rotatable bonds is 8. The van der Waals surface area contributed by atoms with E-state index >= 15 is 0 Å². The highest BCUT2D eigenvalue weighted by atomic mass is 32.2. The molecule has 3 N–H and O–H groups in total. The molecule has 2 aromatic carbocycles. The summed E-state index contributed by atoms with van der Waals surface area (Å²) in [6.07, 6.45) is 4.41. The Kier molecular flexibility index (Phi) is 7.87. The molecule has 1 aliphatic rings. The monoisotopic (exact) mass is 478 g/mol. The van der Waals surface area contributed by atoms with Gasteiger partial charge in [0.25, 0.3) is 5.56 Å². The van der Waals surface area contributed by atoms with Crippen LogP contribution < -0.4 is 20.9 Å². The summed E-state index contributed by atoms with van der Waals surface area (Å²) in [6.45, 7) is 7.95. The van der Waals surface area contributed by atoms with Crippen LogP contribution in [0, 0.1) is 6.92 Å². The SMILES string of the molecule is C/C=C/SNC(=O)Nc1ccc(-n2c(C)nc3cc(NCCN4CCCC4)ccc3c2=O)cc1. The fraction of sp³-hybridized carbons (Fsp3) is 0.320. The number of aromatic nitrogens is 2. The summed E-state index contributed by atoms with van der Waals surface area (Å²) in [5.41, 5.74) is 2.85. The maximum Gasteiger partial charge on any atom is 0.329 e. The third kappa shape index (κ3) is 5.78. The van der Waals surface area contributed by atoms with Gasteiger partial charge in [-0.3, -0.25) is 14.1 Å². The van der Waals surface area contributed by atoms with Crippen molar-refractivity contribution in [3.05, 3.63) is 70.1 Å². The van der Waals surface area contributed by atoms with E-state index in [-0.39, 0.29) is 11.6 Å². The normalized spacial score (nSPS) is 14.1. The van der Waals surface area contributed by atoms with Crippen molar-refractivity contribution in [1.29, 1.82) is 0 Å². The molecule has 1 aliphatic heterocycles. The average Bonchev–Trinajstić information content (AvgIpc) is 3.34. The van der Waals surface area contributed by atoms with Gasteiger partial charge in [-0.05, 0) is 99.6 Å². The summed E-state index contributed by atoms with van der Waals surface area (Å²) in [6, 6.07) is 12.5. The van der Waals surface area contributed by atoms with E-state index in [4.69, 9.17) is 4.98 Å². The van der Waals surface area contributed by atoms with E-state index < -0.39 is 0 Å². The number of fused-ring (bicyclic) bond motifs is 1. The summed E-state index contributed by atoms with van der Waals surface area (Å²) >= 11 is 1.19. The van der Waals surface area contributed by atoms with Gasteiger partial charge in [-0.1, -0.05) is 6.08 Å². The highest BCUT2D eigenvalue weighted by Crippen LogP contribution is 2.19. The highest BCUT2D eigenvalue weighted by Gasteiger charge is 2.12. The van der Waals surface area contributed by atoms with Gasteiger partial charge in [0.05, 0.1) is 16.6 Å². The number of hydrogen-bond donors (Lipinski definition) is 3. The zero-order chi connectivity index (χ0) is 23.9. The third-order valence-electron chi connectivity index (χ3n) is 5.73. The molecular formula is C25H30N6O2S. The lowest BCUT2D eigenvalue weighted by molar-refractivity contribution is 0.257. The Balaban J connectivity index is 1.48. The number of anilines is 2. The predicted octanol–water partition coefficient (Wildman–Crippen LogP) is 4.51. The van der Waals surface area contributed by atoms with Crippen LogP contribution in [-0.4, -0.2) is 46.7 Å². The van der Waals surface area contributed by atoms with E-state index in [1.807, 2.05) is 38.1 Å². The molecule has 1 aromatic heterocycles. The largest absolute Gasteiger partial charge is 0.384 e. The number of urea groups is 1. The number of nitrogens with zero attached hydrogens (tertiary/aromatic N) is 3. The molecule has 0 unspecified atom stereocenters. The van der Waals surface area contributed by atoms with Gasteiger partial charge in [0.1, 0.15) is 5.82 Å². The topological polar surface area (TPSA) is 91.3 Å². The van der Waals surface area contributed by atoms with Crippen LogP contribution in [0.1, 0.15) is 25.6 Å². The van der Waals surface area contributed by atoms with Gasteiger partial charge in [0.2, 0.25) is 0 Å². The number of hydrogen-bond acceptors (Lipinski definition) is 6. The van der Waals surface area contributed by atoms with Gasteiger partial charge in [-0.2, -0.15) is 0 Å². The minimum Gasteiger partial charge on any atom is -0.384 e. The molecule has 1 fully saturated rings. The van der Waals surface area contributed by atoms with Crippen molar-refractivity contribution >= 4 is 40.3 Å². The van der Waals surface area contributed by atoms with Crippen molar-refractivity contribution in [1.82, 2.24) is 19.2 Å². The van der Waals surface area contributed by atoms with Gasteiger partial charge in [-0.15, -0.1) is 0 Å². The number of carbonyl (C=O) groups excluding carboxylic acids is 1. The van der Waals surface area contributed by atoms with Gasteiger partial charge in [-0.25, -0.2) is 9.78 Å². The molecular weight excluding hydrogens is 448 g/mol. The third-order valence-corrected chi connectivity index (χ3v) is 6.44. The van der Waals surface area contributed by atoms with E-state index in [0.29, 0.717) is 28.1 Å². The van der Waals surface area contributed by atoms with Crippen molar-refractivity contribution < 1.29 is 4.79 Å². The van der Waals surface area contributed by atoms with E-state index in [1.54, 1.807) is 34.2 Å². The first-order valence-electron chi connectivity index (χ1n) is 11.5. The number of allylic oxidation sites excluding steroid dienone is 1. The molecule has 34 heavy (non-hydrogen) atoms. The standard InChI is InChI=1S/C25H30N6O2S/c1-3-16-34-29-25(33)28-19-6-9-21(10-7-19)31-18(2)27-23-17-20(8-11-22(23)24(31)32)26-12-15-30-13-4-5-14-30/h3,6-11,16-17,26H,4-5,12-15H2,1-2H3,(H2,28,29,33)/b16-3+. The Morgan fingerprint density at radius 2 is 1.85 bits per heavy atom. The van der Waals surface area contributed by atoms with E-state index in [1.165, 1.54) is 37.9 Å². The van der Waals surface area contributed by atoms with Crippen molar-refractivity contribution in [3.63, 3.8) is 0 Å². The summed E-state index contributed by atoms with van der Waals surface area (Å²) < 4.78 is 4.25. The second-order valence-electron chi connectivity index (χ2n) is 8.20. The lowest BCUT2D eigenvalue weighted by atomic mass is 10.2. The Morgan fingerprint density at radius 3 is 2.59 bits per heavy atom. The van der Waals surface area contributed by atoms with Crippen LogP contribution in [0.3, 0.4) is 0 Å². The second kappa shape index (κ2) is 11.2. The molecule has 0 spiro atoms. The van der Waals surface area contributed by atoms with E-state index in [0.717, 1.165) is 18.8 Å². The molecule has 0 aliphatic carbocycles. The zero-order valence-electron chi connectivity index (χ0n) is 19.5. The molecule has 0 radical (unpaired) electrons. The van der Waals surface area contributed by atoms with Crippen molar-refractivity contribution in [2.75, 3.05) is 36.8 Å². The minimum atomic E-state index is -0.318. The number of amides is 2. The highest BCUT2D eigenvalue weighted by molar-refractivity contribution is 8.00. The predicted molar refractivity (Wildman–Crippen MR) is 141 cm³/mol. The van der Waals surface area contributed by atoms with E-state index in [9.17, 15) is 9.59 Å². The molecule has 2 heterocycles. The van der Waals surface area contributed by atoms with E-state index in [2.05, 4.69) is 20.3 Å². The van der Waals surface area contributed by atoms with Crippen LogP contribution in [0.4, 0.5) is 16.2 Å². The number of aryl methyl sites for hydroxylation is 1. The summed E-state index contributed by atoms with van der Waals surface area (Å²) in [7, 11) is 0. The summed E-state index contributed by atoms with van der Waals surface area (Å²) in [5.74, 6) is 0.605. The number of nitrogens with one attached hydrogen (secondary N) is 3. The molecule has 1 saturated heterocycles. The first-order chi connectivity index (χ1) is 16.5.